The lowest BCUT2D eigenvalue weighted by molar-refractivity contribution is -0.145. The molecule has 12 heteroatoms. The van der Waals surface area contributed by atoms with Gasteiger partial charge in [0.1, 0.15) is 6.04 Å². The van der Waals surface area contributed by atoms with Gasteiger partial charge in [-0.25, -0.2) is 9.59 Å². The van der Waals surface area contributed by atoms with Crippen molar-refractivity contribution in [2.75, 3.05) is 45.8 Å². The lowest BCUT2D eigenvalue weighted by Crippen LogP contribution is -2.55. The Morgan fingerprint density at radius 3 is 2.03 bits per heavy atom. The number of carbonyl (C=O) groups is 4. The fourth-order valence-electron chi connectivity index (χ4n) is 3.34. The molecule has 0 aliphatic carbocycles. The van der Waals surface area contributed by atoms with Gasteiger partial charge >= 0.3 is 24.1 Å². The Kier molecular flexibility index (Phi) is 10.2. The zero-order valence-corrected chi connectivity index (χ0v) is 16.5. The van der Waals surface area contributed by atoms with Crippen LogP contribution < -0.4 is 5.32 Å². The highest BCUT2D eigenvalue weighted by molar-refractivity contribution is 5.74. The second kappa shape index (κ2) is 12.1. The van der Waals surface area contributed by atoms with Crippen molar-refractivity contribution in [2.45, 2.75) is 38.3 Å². The molecule has 1 aliphatic heterocycles. The van der Waals surface area contributed by atoms with Gasteiger partial charge < -0.3 is 35.5 Å². The minimum absolute atomic E-state index is 0.0484. The molecule has 0 aromatic rings. The van der Waals surface area contributed by atoms with Crippen molar-refractivity contribution in [2.24, 2.45) is 0 Å². The predicted molar refractivity (Wildman–Crippen MR) is 101 cm³/mol. The van der Waals surface area contributed by atoms with E-state index >= 15 is 0 Å². The van der Waals surface area contributed by atoms with E-state index in [1.54, 1.807) is 11.8 Å². The standard InChI is InChI=1S/C17H30N4O8/c1-12-11-20(17(28)29)8-6-18-5-7-19(16(26)27)9-10-21(12)13(15(24)25)3-2-4-14(22)23/h12-13,18H,2-11H2,1H3,(H,22,23)(H,24,25)(H,26,27)(H,28,29). The predicted octanol–water partition coefficient (Wildman–Crippen LogP) is -0.0518. The van der Waals surface area contributed by atoms with E-state index < -0.39 is 36.2 Å². The zero-order valence-electron chi connectivity index (χ0n) is 16.5. The van der Waals surface area contributed by atoms with Gasteiger partial charge in [-0.2, -0.15) is 0 Å². The average molecular weight is 418 g/mol. The van der Waals surface area contributed by atoms with E-state index in [0.29, 0.717) is 13.1 Å². The maximum absolute atomic E-state index is 11.9. The van der Waals surface area contributed by atoms with Crippen LogP contribution in [-0.4, -0.2) is 117 Å². The Morgan fingerprint density at radius 1 is 0.931 bits per heavy atom. The smallest absolute Gasteiger partial charge is 0.407 e. The summed E-state index contributed by atoms with van der Waals surface area (Å²) >= 11 is 0. The van der Waals surface area contributed by atoms with Crippen LogP contribution in [0.1, 0.15) is 26.2 Å². The fraction of sp³-hybridized carbons (Fsp3) is 0.765. The molecule has 29 heavy (non-hydrogen) atoms. The Bertz CT molecular complexity index is 588. The monoisotopic (exact) mass is 418 g/mol. The molecule has 1 saturated heterocycles. The van der Waals surface area contributed by atoms with Crippen molar-refractivity contribution in [3.63, 3.8) is 0 Å². The van der Waals surface area contributed by atoms with Crippen LogP contribution in [0.25, 0.3) is 0 Å². The van der Waals surface area contributed by atoms with Gasteiger partial charge in [0.25, 0.3) is 0 Å². The van der Waals surface area contributed by atoms with Gasteiger partial charge in [-0.05, 0) is 19.8 Å². The third kappa shape index (κ3) is 8.52. The number of hydrogen-bond acceptors (Lipinski definition) is 6. The Labute approximate surface area is 168 Å². The molecule has 0 bridgehead atoms. The molecule has 0 radical (unpaired) electrons. The summed E-state index contributed by atoms with van der Waals surface area (Å²) < 4.78 is 0. The van der Waals surface area contributed by atoms with E-state index in [0.717, 1.165) is 0 Å². The number of nitrogens with zero attached hydrogens (tertiary/aromatic N) is 3. The number of rotatable bonds is 6. The van der Waals surface area contributed by atoms with Crippen molar-refractivity contribution in [3.05, 3.63) is 0 Å². The lowest BCUT2D eigenvalue weighted by Gasteiger charge is -2.38. The normalized spacial score (nSPS) is 20.9. The Balaban J connectivity index is 3.06. The maximum atomic E-state index is 11.9. The third-order valence-corrected chi connectivity index (χ3v) is 4.89. The van der Waals surface area contributed by atoms with Crippen LogP contribution in [0.5, 0.6) is 0 Å². The fourth-order valence-corrected chi connectivity index (χ4v) is 3.34. The van der Waals surface area contributed by atoms with Gasteiger partial charge in [0.05, 0.1) is 0 Å². The van der Waals surface area contributed by atoms with Crippen molar-refractivity contribution < 1.29 is 39.6 Å². The average Bonchev–Trinajstić information content (AvgIpc) is 2.61. The Hall–Kier alpha value is -2.60. The van der Waals surface area contributed by atoms with E-state index in [2.05, 4.69) is 5.32 Å². The van der Waals surface area contributed by atoms with Gasteiger partial charge in [0, 0.05) is 58.3 Å². The molecule has 1 fully saturated rings. The summed E-state index contributed by atoms with van der Waals surface area (Å²) in [6, 6.07) is -1.55. The van der Waals surface area contributed by atoms with Crippen molar-refractivity contribution >= 4 is 24.1 Å². The molecule has 0 aromatic heterocycles. The molecule has 2 unspecified atom stereocenters. The highest BCUT2D eigenvalue weighted by Gasteiger charge is 2.32. The highest BCUT2D eigenvalue weighted by Crippen LogP contribution is 2.15. The van der Waals surface area contributed by atoms with Gasteiger partial charge in [0.2, 0.25) is 0 Å². The van der Waals surface area contributed by atoms with E-state index in [1.165, 1.54) is 9.80 Å². The molecule has 1 rings (SSSR count). The van der Waals surface area contributed by atoms with Crippen LogP contribution >= 0.6 is 0 Å². The van der Waals surface area contributed by atoms with Gasteiger partial charge in [-0.15, -0.1) is 0 Å². The first kappa shape index (κ1) is 24.4. The molecular weight excluding hydrogens is 388 g/mol. The third-order valence-electron chi connectivity index (χ3n) is 4.89. The minimum atomic E-state index is -1.15. The quantitative estimate of drug-likeness (QED) is 0.394. The number of amides is 2. The van der Waals surface area contributed by atoms with E-state index in [1.807, 2.05) is 0 Å². The molecule has 1 heterocycles. The van der Waals surface area contributed by atoms with Crippen LogP contribution in [-0.2, 0) is 9.59 Å². The molecule has 12 nitrogen and oxygen atoms in total. The molecule has 0 saturated carbocycles. The van der Waals surface area contributed by atoms with Gasteiger partial charge in [-0.1, -0.05) is 0 Å². The van der Waals surface area contributed by atoms with E-state index in [4.69, 9.17) is 5.11 Å². The second-order valence-corrected chi connectivity index (χ2v) is 6.98. The summed E-state index contributed by atoms with van der Waals surface area (Å²) in [6.07, 6.45) is -2.22. The van der Waals surface area contributed by atoms with Crippen LogP contribution in [0, 0.1) is 0 Å². The summed E-state index contributed by atoms with van der Waals surface area (Å²) in [7, 11) is 0. The molecule has 166 valence electrons. The molecular formula is C17H30N4O8. The Morgan fingerprint density at radius 2 is 1.52 bits per heavy atom. The molecule has 0 spiro atoms. The maximum Gasteiger partial charge on any atom is 0.407 e. The summed E-state index contributed by atoms with van der Waals surface area (Å²) in [5.41, 5.74) is 0. The summed E-state index contributed by atoms with van der Waals surface area (Å²) in [5.74, 6) is -2.18. The first-order chi connectivity index (χ1) is 13.6. The summed E-state index contributed by atoms with van der Waals surface area (Å²) in [5, 5.41) is 40.3. The molecule has 0 aromatic carbocycles. The number of carboxylic acid groups (broad SMARTS) is 4. The van der Waals surface area contributed by atoms with Crippen molar-refractivity contribution in [3.8, 4) is 0 Å². The van der Waals surface area contributed by atoms with Crippen LogP contribution in [0.4, 0.5) is 9.59 Å². The number of hydrogen-bond donors (Lipinski definition) is 5. The highest BCUT2D eigenvalue weighted by atomic mass is 16.4. The van der Waals surface area contributed by atoms with Gasteiger partial charge in [-0.3, -0.25) is 14.5 Å². The first-order valence-corrected chi connectivity index (χ1v) is 9.50. The molecule has 2 atom stereocenters. The van der Waals surface area contributed by atoms with E-state index in [9.17, 15) is 34.5 Å². The van der Waals surface area contributed by atoms with Crippen LogP contribution in [0.2, 0.25) is 0 Å². The van der Waals surface area contributed by atoms with Crippen molar-refractivity contribution in [1.82, 2.24) is 20.0 Å². The van der Waals surface area contributed by atoms with Crippen molar-refractivity contribution in [1.29, 1.82) is 0 Å². The van der Waals surface area contributed by atoms with Gasteiger partial charge in [0.15, 0.2) is 0 Å². The summed E-state index contributed by atoms with van der Waals surface area (Å²) in [6.45, 7) is 2.92. The zero-order chi connectivity index (χ0) is 22.0. The minimum Gasteiger partial charge on any atom is -0.481 e. The largest absolute Gasteiger partial charge is 0.481 e. The van der Waals surface area contributed by atoms with E-state index in [-0.39, 0.29) is 52.0 Å². The topological polar surface area (TPSA) is 171 Å². The molecule has 2 amide bonds. The number of carboxylic acids is 2. The van der Waals surface area contributed by atoms with Crippen LogP contribution in [0.3, 0.4) is 0 Å². The second-order valence-electron chi connectivity index (χ2n) is 6.98. The first-order valence-electron chi connectivity index (χ1n) is 9.50. The summed E-state index contributed by atoms with van der Waals surface area (Å²) in [4.78, 5) is 49.6. The number of nitrogens with one attached hydrogen (secondary N) is 1. The lowest BCUT2D eigenvalue weighted by atomic mass is 10.1. The van der Waals surface area contributed by atoms with Crippen LogP contribution in [0.15, 0.2) is 0 Å². The SMILES string of the molecule is CC1CN(C(=O)O)CCNCCN(C(=O)O)CCN1C(CCCC(=O)O)C(=O)O. The molecule has 5 N–H and O–H groups in total. The molecule has 1 aliphatic rings. The number of aliphatic carboxylic acids is 2.